The minimum absolute atomic E-state index is 0.141. The molecular formula is C18H25N3O3. The van der Waals surface area contributed by atoms with Crippen LogP contribution in [0.4, 0.5) is 0 Å². The summed E-state index contributed by atoms with van der Waals surface area (Å²) < 4.78 is 5.14. The number of methoxy groups -OCH3 is 1. The summed E-state index contributed by atoms with van der Waals surface area (Å²) in [5, 5.41) is 3.13. The van der Waals surface area contributed by atoms with Gasteiger partial charge in [-0.05, 0) is 24.1 Å². The van der Waals surface area contributed by atoms with Crippen molar-refractivity contribution in [3.05, 3.63) is 29.8 Å². The van der Waals surface area contributed by atoms with Crippen LogP contribution >= 0.6 is 0 Å². The van der Waals surface area contributed by atoms with Crippen LogP contribution in [0.15, 0.2) is 24.3 Å². The van der Waals surface area contributed by atoms with Gasteiger partial charge in [0, 0.05) is 45.7 Å². The van der Waals surface area contributed by atoms with Crippen molar-refractivity contribution >= 4 is 11.8 Å². The number of carbonyl (C=O) groups is 2. The van der Waals surface area contributed by atoms with E-state index in [4.69, 9.17) is 4.74 Å². The van der Waals surface area contributed by atoms with Gasteiger partial charge in [0.15, 0.2) is 0 Å². The van der Waals surface area contributed by atoms with E-state index in [1.807, 2.05) is 34.1 Å². The van der Waals surface area contributed by atoms with Crippen LogP contribution in [0, 0.1) is 5.92 Å². The van der Waals surface area contributed by atoms with Gasteiger partial charge in [-0.25, -0.2) is 0 Å². The van der Waals surface area contributed by atoms with E-state index >= 15 is 0 Å². The molecule has 0 unspecified atom stereocenters. The summed E-state index contributed by atoms with van der Waals surface area (Å²) in [7, 11) is 1.64. The van der Waals surface area contributed by atoms with Crippen LogP contribution in [0.1, 0.15) is 12.0 Å². The number of hydrogen-bond donors (Lipinski definition) is 1. The molecule has 130 valence electrons. The van der Waals surface area contributed by atoms with Crippen LogP contribution in [-0.2, 0) is 16.0 Å². The number of ether oxygens (including phenoxy) is 1. The average Bonchev–Trinajstić information content (AvgIpc) is 2.58. The van der Waals surface area contributed by atoms with Gasteiger partial charge in [0.05, 0.1) is 13.0 Å². The van der Waals surface area contributed by atoms with Crippen LogP contribution in [0.3, 0.4) is 0 Å². The Bertz CT molecular complexity index is 576. The van der Waals surface area contributed by atoms with E-state index < -0.39 is 0 Å². The van der Waals surface area contributed by atoms with Crippen molar-refractivity contribution in [3.63, 3.8) is 0 Å². The van der Waals surface area contributed by atoms with E-state index in [1.165, 1.54) is 0 Å². The third-order valence-electron chi connectivity index (χ3n) is 4.86. The number of nitrogens with zero attached hydrogens (tertiary/aromatic N) is 2. The van der Waals surface area contributed by atoms with Gasteiger partial charge in [0.2, 0.25) is 11.8 Å². The maximum atomic E-state index is 12.4. The fraction of sp³-hybridized carbons (Fsp3) is 0.556. The standard InChI is InChI=1S/C18H25N3O3/c1-24-16-5-2-14(3-6-16)4-7-17(22)20-8-10-21(11-9-20)18(23)15-12-19-13-15/h2-3,5-6,15,19H,4,7-13H2,1H3. The van der Waals surface area contributed by atoms with Crippen molar-refractivity contribution in [2.45, 2.75) is 12.8 Å². The van der Waals surface area contributed by atoms with Crippen molar-refractivity contribution in [2.24, 2.45) is 5.92 Å². The first-order valence-corrected chi connectivity index (χ1v) is 8.57. The lowest BCUT2D eigenvalue weighted by Crippen LogP contribution is -2.57. The fourth-order valence-corrected chi connectivity index (χ4v) is 3.10. The molecule has 0 spiro atoms. The van der Waals surface area contributed by atoms with Crippen molar-refractivity contribution in [1.29, 1.82) is 0 Å². The quantitative estimate of drug-likeness (QED) is 0.854. The first-order chi connectivity index (χ1) is 11.7. The van der Waals surface area contributed by atoms with Crippen molar-refractivity contribution in [3.8, 4) is 5.75 Å². The average molecular weight is 331 g/mol. The van der Waals surface area contributed by atoms with Gasteiger partial charge in [-0.1, -0.05) is 12.1 Å². The third kappa shape index (κ3) is 3.87. The Kier molecular flexibility index (Phi) is 5.35. The van der Waals surface area contributed by atoms with Crippen molar-refractivity contribution in [1.82, 2.24) is 15.1 Å². The third-order valence-corrected chi connectivity index (χ3v) is 4.86. The topological polar surface area (TPSA) is 61.9 Å². The molecule has 2 saturated heterocycles. The van der Waals surface area contributed by atoms with E-state index in [0.29, 0.717) is 32.6 Å². The predicted molar refractivity (Wildman–Crippen MR) is 90.8 cm³/mol. The van der Waals surface area contributed by atoms with Crippen molar-refractivity contribution in [2.75, 3.05) is 46.4 Å². The highest BCUT2D eigenvalue weighted by Gasteiger charge is 2.31. The van der Waals surface area contributed by atoms with Crippen LogP contribution in [-0.4, -0.2) is 68.0 Å². The normalized spacial score (nSPS) is 18.2. The summed E-state index contributed by atoms with van der Waals surface area (Å²) in [4.78, 5) is 28.3. The molecular weight excluding hydrogens is 306 g/mol. The predicted octanol–water partition coefficient (Wildman–Crippen LogP) is 0.518. The number of rotatable bonds is 5. The minimum Gasteiger partial charge on any atom is -0.497 e. The Hall–Kier alpha value is -2.08. The van der Waals surface area contributed by atoms with Gasteiger partial charge in [0.25, 0.3) is 0 Å². The number of carbonyl (C=O) groups excluding carboxylic acids is 2. The smallest absolute Gasteiger partial charge is 0.228 e. The zero-order valence-corrected chi connectivity index (χ0v) is 14.2. The molecule has 0 saturated carbocycles. The summed E-state index contributed by atoms with van der Waals surface area (Å²) in [6, 6.07) is 7.82. The largest absolute Gasteiger partial charge is 0.497 e. The minimum atomic E-state index is 0.141. The lowest BCUT2D eigenvalue weighted by atomic mass is 10.0. The summed E-state index contributed by atoms with van der Waals surface area (Å²) in [5.41, 5.74) is 1.13. The number of amides is 2. The molecule has 24 heavy (non-hydrogen) atoms. The molecule has 2 fully saturated rings. The van der Waals surface area contributed by atoms with Crippen molar-refractivity contribution < 1.29 is 14.3 Å². The molecule has 6 nitrogen and oxygen atoms in total. The van der Waals surface area contributed by atoms with Gasteiger partial charge in [-0.15, -0.1) is 0 Å². The van der Waals surface area contributed by atoms with Crippen LogP contribution < -0.4 is 10.1 Å². The van der Waals surface area contributed by atoms with Gasteiger partial charge in [0.1, 0.15) is 5.75 Å². The van der Waals surface area contributed by atoms with E-state index in [2.05, 4.69) is 5.32 Å². The lowest BCUT2D eigenvalue weighted by molar-refractivity contribution is -0.143. The second-order valence-electron chi connectivity index (χ2n) is 6.41. The molecule has 2 amide bonds. The Morgan fingerprint density at radius 3 is 2.25 bits per heavy atom. The van der Waals surface area contributed by atoms with Gasteiger partial charge in [-0.2, -0.15) is 0 Å². The maximum Gasteiger partial charge on any atom is 0.228 e. The van der Waals surface area contributed by atoms with Gasteiger partial charge in [-0.3, -0.25) is 9.59 Å². The Labute approximate surface area is 142 Å². The Morgan fingerprint density at radius 2 is 1.71 bits per heavy atom. The Balaban J connectivity index is 1.42. The molecule has 0 atom stereocenters. The first-order valence-electron chi connectivity index (χ1n) is 8.57. The highest BCUT2D eigenvalue weighted by atomic mass is 16.5. The van der Waals surface area contributed by atoms with Gasteiger partial charge < -0.3 is 19.9 Å². The number of benzene rings is 1. The van der Waals surface area contributed by atoms with Crippen LogP contribution in [0.5, 0.6) is 5.75 Å². The molecule has 1 aromatic carbocycles. The number of aryl methyl sites for hydroxylation is 1. The van der Waals surface area contributed by atoms with E-state index in [9.17, 15) is 9.59 Å². The molecule has 0 bridgehead atoms. The lowest BCUT2D eigenvalue weighted by Gasteiger charge is -2.38. The summed E-state index contributed by atoms with van der Waals surface area (Å²) in [6.45, 7) is 4.19. The molecule has 0 aromatic heterocycles. The van der Waals surface area contributed by atoms with Crippen LogP contribution in [0.2, 0.25) is 0 Å². The molecule has 0 aliphatic carbocycles. The van der Waals surface area contributed by atoms with E-state index in [0.717, 1.165) is 30.8 Å². The highest BCUT2D eigenvalue weighted by Crippen LogP contribution is 2.15. The molecule has 2 aliphatic rings. The zero-order chi connectivity index (χ0) is 16.9. The highest BCUT2D eigenvalue weighted by molar-refractivity contribution is 5.81. The first kappa shape index (κ1) is 16.8. The number of nitrogens with one attached hydrogen (secondary N) is 1. The fourth-order valence-electron chi connectivity index (χ4n) is 3.10. The molecule has 1 N–H and O–H groups in total. The SMILES string of the molecule is COc1ccc(CCC(=O)N2CCN(C(=O)C3CNC3)CC2)cc1. The molecule has 1 aromatic rings. The zero-order valence-electron chi connectivity index (χ0n) is 14.2. The van der Waals surface area contributed by atoms with E-state index in [1.54, 1.807) is 7.11 Å². The molecule has 0 radical (unpaired) electrons. The Morgan fingerprint density at radius 1 is 1.08 bits per heavy atom. The summed E-state index contributed by atoms with van der Waals surface area (Å²) in [5.74, 6) is 1.37. The number of hydrogen-bond acceptors (Lipinski definition) is 4. The molecule has 3 rings (SSSR count). The molecule has 6 heteroatoms. The maximum absolute atomic E-state index is 12.4. The van der Waals surface area contributed by atoms with Crippen LogP contribution in [0.25, 0.3) is 0 Å². The molecule has 2 aliphatic heterocycles. The summed E-state index contributed by atoms with van der Waals surface area (Å²) >= 11 is 0. The molecule has 2 heterocycles. The second-order valence-corrected chi connectivity index (χ2v) is 6.41. The van der Waals surface area contributed by atoms with E-state index in [-0.39, 0.29) is 17.7 Å². The summed E-state index contributed by atoms with van der Waals surface area (Å²) in [6.07, 6.45) is 1.24. The second kappa shape index (κ2) is 7.66. The van der Waals surface area contributed by atoms with Gasteiger partial charge >= 0.3 is 0 Å². The number of piperazine rings is 1. The monoisotopic (exact) mass is 331 g/mol.